The molecule has 1 aromatic heterocycles. The Balaban J connectivity index is 1.86. The smallest absolute Gasteiger partial charge is 0.307 e. The van der Waals surface area contributed by atoms with E-state index >= 15 is 0 Å². The molecule has 0 amide bonds. The molecule has 0 saturated carbocycles. The first-order valence-corrected chi connectivity index (χ1v) is 7.12. The van der Waals surface area contributed by atoms with Crippen LogP contribution in [0, 0.1) is 11.7 Å². The largest absolute Gasteiger partial charge is 0.481 e. The number of carbonyl (C=O) groups is 1. The Labute approximate surface area is 122 Å². The van der Waals surface area contributed by atoms with Gasteiger partial charge in [-0.15, -0.1) is 0 Å². The summed E-state index contributed by atoms with van der Waals surface area (Å²) in [4.78, 5) is 17.5. The van der Waals surface area contributed by atoms with Crippen molar-refractivity contribution in [2.45, 2.75) is 19.4 Å². The van der Waals surface area contributed by atoms with Crippen LogP contribution in [0.3, 0.4) is 0 Å². The van der Waals surface area contributed by atoms with E-state index in [1.54, 1.807) is 12.3 Å². The Kier molecular flexibility index (Phi) is 3.84. The fraction of sp³-hybridized carbons (Fsp3) is 0.375. The zero-order valence-corrected chi connectivity index (χ0v) is 11.6. The van der Waals surface area contributed by atoms with Crippen LogP contribution < -0.4 is 0 Å². The molecule has 1 N–H and O–H groups in total. The molecule has 0 spiro atoms. The molecule has 21 heavy (non-hydrogen) atoms. The van der Waals surface area contributed by atoms with Crippen LogP contribution in [-0.2, 0) is 11.3 Å². The maximum atomic E-state index is 13.7. The van der Waals surface area contributed by atoms with Gasteiger partial charge in [0, 0.05) is 24.7 Å². The highest BCUT2D eigenvalue weighted by molar-refractivity contribution is 5.81. The second-order valence-corrected chi connectivity index (χ2v) is 5.55. The van der Waals surface area contributed by atoms with E-state index in [1.807, 2.05) is 6.07 Å². The van der Waals surface area contributed by atoms with Crippen LogP contribution in [0.1, 0.15) is 18.4 Å². The van der Waals surface area contributed by atoms with Crippen LogP contribution >= 0.6 is 0 Å². The zero-order valence-electron chi connectivity index (χ0n) is 11.6. The molecule has 110 valence electrons. The summed E-state index contributed by atoms with van der Waals surface area (Å²) < 4.78 is 13.7. The zero-order chi connectivity index (χ0) is 14.8. The quantitative estimate of drug-likeness (QED) is 0.943. The van der Waals surface area contributed by atoms with Gasteiger partial charge in [0.2, 0.25) is 0 Å². The van der Waals surface area contributed by atoms with E-state index in [9.17, 15) is 9.18 Å². The number of carboxylic acid groups (broad SMARTS) is 1. The van der Waals surface area contributed by atoms with Crippen molar-refractivity contribution in [3.05, 3.63) is 41.8 Å². The number of pyridine rings is 1. The maximum Gasteiger partial charge on any atom is 0.307 e. The molecule has 1 saturated heterocycles. The van der Waals surface area contributed by atoms with Crippen molar-refractivity contribution in [1.82, 2.24) is 9.88 Å². The van der Waals surface area contributed by atoms with Crippen LogP contribution in [0.2, 0.25) is 0 Å². The van der Waals surface area contributed by atoms with E-state index in [4.69, 9.17) is 5.11 Å². The standard InChI is InChI=1S/C16H17FN2O2/c17-14-7-11-3-1-5-18-15(11)13(8-14)10-19-6-2-4-12(9-19)16(20)21/h1,3,5,7-8,12H,2,4,6,9-10H2,(H,20,21). The molecule has 2 aromatic rings. The Morgan fingerprint density at radius 3 is 3.14 bits per heavy atom. The summed E-state index contributed by atoms with van der Waals surface area (Å²) in [6.45, 7) is 1.89. The molecule has 0 aliphatic carbocycles. The van der Waals surface area contributed by atoms with Crippen molar-refractivity contribution in [3.63, 3.8) is 0 Å². The van der Waals surface area contributed by atoms with Crippen molar-refractivity contribution >= 4 is 16.9 Å². The van der Waals surface area contributed by atoms with Gasteiger partial charge in [-0.3, -0.25) is 14.7 Å². The summed E-state index contributed by atoms with van der Waals surface area (Å²) in [5.74, 6) is -1.36. The van der Waals surface area contributed by atoms with Gasteiger partial charge >= 0.3 is 5.97 Å². The fourth-order valence-corrected chi connectivity index (χ4v) is 2.99. The number of aliphatic carboxylic acids is 1. The van der Waals surface area contributed by atoms with Gasteiger partial charge < -0.3 is 5.11 Å². The van der Waals surface area contributed by atoms with E-state index in [0.717, 1.165) is 29.4 Å². The minimum absolute atomic E-state index is 0.280. The van der Waals surface area contributed by atoms with Crippen molar-refractivity contribution in [3.8, 4) is 0 Å². The molecule has 1 aliphatic heterocycles. The Hall–Kier alpha value is -2.01. The third-order valence-electron chi connectivity index (χ3n) is 4.00. The van der Waals surface area contributed by atoms with Crippen LogP contribution in [0.15, 0.2) is 30.5 Å². The number of likely N-dealkylation sites (tertiary alicyclic amines) is 1. The van der Waals surface area contributed by atoms with Crippen molar-refractivity contribution in [1.29, 1.82) is 0 Å². The highest BCUT2D eigenvalue weighted by Gasteiger charge is 2.25. The predicted molar refractivity (Wildman–Crippen MR) is 77.3 cm³/mol. The van der Waals surface area contributed by atoms with Crippen LogP contribution in [-0.4, -0.2) is 34.0 Å². The molecular weight excluding hydrogens is 271 g/mol. The number of fused-ring (bicyclic) bond motifs is 1. The average molecular weight is 288 g/mol. The van der Waals surface area contributed by atoms with Gasteiger partial charge in [0.15, 0.2) is 0 Å². The highest BCUT2D eigenvalue weighted by Crippen LogP contribution is 2.23. The Bertz CT molecular complexity index is 674. The summed E-state index contributed by atoms with van der Waals surface area (Å²) >= 11 is 0. The third-order valence-corrected chi connectivity index (χ3v) is 4.00. The van der Waals surface area contributed by atoms with Crippen LogP contribution in [0.5, 0.6) is 0 Å². The number of benzene rings is 1. The van der Waals surface area contributed by atoms with E-state index in [-0.39, 0.29) is 11.7 Å². The Morgan fingerprint density at radius 1 is 1.48 bits per heavy atom. The van der Waals surface area contributed by atoms with Gasteiger partial charge in [0.1, 0.15) is 5.82 Å². The number of carboxylic acids is 1. The highest BCUT2D eigenvalue weighted by atomic mass is 19.1. The summed E-state index contributed by atoms with van der Waals surface area (Å²) in [6, 6.07) is 6.60. The molecule has 0 radical (unpaired) electrons. The molecule has 1 aliphatic rings. The number of piperidine rings is 1. The van der Waals surface area contributed by atoms with E-state index < -0.39 is 5.97 Å². The van der Waals surface area contributed by atoms with Crippen molar-refractivity contribution in [2.24, 2.45) is 5.92 Å². The molecule has 4 nitrogen and oxygen atoms in total. The monoisotopic (exact) mass is 288 g/mol. The van der Waals surface area contributed by atoms with E-state index in [1.165, 1.54) is 12.1 Å². The molecule has 1 fully saturated rings. The summed E-state index contributed by atoms with van der Waals surface area (Å²) in [6.07, 6.45) is 3.27. The number of nitrogens with zero attached hydrogens (tertiary/aromatic N) is 2. The number of hydrogen-bond acceptors (Lipinski definition) is 3. The first-order valence-electron chi connectivity index (χ1n) is 7.12. The number of hydrogen-bond donors (Lipinski definition) is 1. The van der Waals surface area contributed by atoms with Gasteiger partial charge in [0.25, 0.3) is 0 Å². The van der Waals surface area contributed by atoms with Gasteiger partial charge in [-0.1, -0.05) is 6.07 Å². The lowest BCUT2D eigenvalue weighted by atomic mass is 9.97. The normalized spacial score (nSPS) is 19.8. The lowest BCUT2D eigenvalue weighted by Crippen LogP contribution is -2.38. The topological polar surface area (TPSA) is 53.4 Å². The molecule has 3 rings (SSSR count). The van der Waals surface area contributed by atoms with E-state index in [2.05, 4.69) is 9.88 Å². The molecule has 1 unspecified atom stereocenters. The molecule has 2 heterocycles. The number of halogens is 1. The lowest BCUT2D eigenvalue weighted by Gasteiger charge is -2.30. The van der Waals surface area contributed by atoms with Crippen LogP contribution in [0.25, 0.3) is 10.9 Å². The SMILES string of the molecule is O=C(O)C1CCCN(Cc2cc(F)cc3cccnc23)C1. The van der Waals surface area contributed by atoms with Crippen molar-refractivity contribution in [2.75, 3.05) is 13.1 Å². The minimum atomic E-state index is -0.748. The van der Waals surface area contributed by atoms with Gasteiger partial charge in [-0.2, -0.15) is 0 Å². The molecule has 5 heteroatoms. The first kappa shape index (κ1) is 13.9. The maximum absolute atomic E-state index is 13.7. The second kappa shape index (κ2) is 5.77. The predicted octanol–water partition coefficient (Wildman–Crippen LogP) is 2.67. The molecule has 0 bridgehead atoms. The van der Waals surface area contributed by atoms with Gasteiger partial charge in [-0.25, -0.2) is 4.39 Å². The summed E-state index contributed by atoms with van der Waals surface area (Å²) in [5, 5.41) is 9.92. The lowest BCUT2D eigenvalue weighted by molar-refractivity contribution is -0.143. The van der Waals surface area contributed by atoms with Crippen LogP contribution in [0.4, 0.5) is 4.39 Å². The van der Waals surface area contributed by atoms with E-state index in [0.29, 0.717) is 19.5 Å². The van der Waals surface area contributed by atoms with Gasteiger partial charge in [0.05, 0.1) is 11.4 Å². The number of aromatic nitrogens is 1. The molecular formula is C16H17FN2O2. The summed E-state index contributed by atoms with van der Waals surface area (Å²) in [7, 11) is 0. The molecule has 1 atom stereocenters. The average Bonchev–Trinajstić information content (AvgIpc) is 2.47. The number of rotatable bonds is 3. The Morgan fingerprint density at radius 2 is 2.33 bits per heavy atom. The minimum Gasteiger partial charge on any atom is -0.481 e. The molecule has 1 aromatic carbocycles. The van der Waals surface area contributed by atoms with Crippen molar-refractivity contribution < 1.29 is 14.3 Å². The summed E-state index contributed by atoms with van der Waals surface area (Å²) in [5.41, 5.74) is 1.60. The third kappa shape index (κ3) is 3.03. The van der Waals surface area contributed by atoms with Gasteiger partial charge in [-0.05, 0) is 43.1 Å². The fourth-order valence-electron chi connectivity index (χ4n) is 2.99. The second-order valence-electron chi connectivity index (χ2n) is 5.55. The first-order chi connectivity index (χ1) is 10.1.